The molecule has 1 saturated heterocycles. The smallest absolute Gasteiger partial charge is 0.0445 e. The molecule has 0 aliphatic carbocycles. The van der Waals surface area contributed by atoms with Gasteiger partial charge in [0, 0.05) is 18.2 Å². The van der Waals surface area contributed by atoms with Crippen LogP contribution in [0.1, 0.15) is 46.5 Å². The van der Waals surface area contributed by atoms with Gasteiger partial charge in [-0.2, -0.15) is 0 Å². The molecule has 1 N–H and O–H groups in total. The van der Waals surface area contributed by atoms with Crippen molar-refractivity contribution in [2.24, 2.45) is 0 Å². The van der Waals surface area contributed by atoms with E-state index in [2.05, 4.69) is 25.7 Å². The van der Waals surface area contributed by atoms with Gasteiger partial charge in [-0.3, -0.25) is 4.90 Å². The highest BCUT2D eigenvalue weighted by molar-refractivity contribution is 4.85. The maximum absolute atomic E-state index is 8.98. The lowest BCUT2D eigenvalue weighted by atomic mass is 9.93. The van der Waals surface area contributed by atoms with Gasteiger partial charge in [-0.15, -0.1) is 0 Å². The summed E-state index contributed by atoms with van der Waals surface area (Å²) in [5, 5.41) is 8.98. The Hall–Kier alpha value is -0.0800. The first-order valence-electron chi connectivity index (χ1n) is 5.43. The topological polar surface area (TPSA) is 23.5 Å². The maximum atomic E-state index is 8.98. The van der Waals surface area contributed by atoms with Crippen molar-refractivity contribution in [2.75, 3.05) is 13.2 Å². The normalized spacial score (nSPS) is 26.3. The van der Waals surface area contributed by atoms with E-state index in [0.717, 1.165) is 6.42 Å². The highest BCUT2D eigenvalue weighted by atomic mass is 16.3. The molecule has 1 aliphatic heterocycles. The van der Waals surface area contributed by atoms with Gasteiger partial charge in [0.15, 0.2) is 0 Å². The summed E-state index contributed by atoms with van der Waals surface area (Å²) in [5.74, 6) is 0. The molecule has 0 spiro atoms. The van der Waals surface area contributed by atoms with E-state index in [-0.39, 0.29) is 5.54 Å². The molecule has 1 aliphatic rings. The van der Waals surface area contributed by atoms with Gasteiger partial charge in [0.1, 0.15) is 0 Å². The minimum Gasteiger partial charge on any atom is -0.396 e. The summed E-state index contributed by atoms with van der Waals surface area (Å²) in [4.78, 5) is 2.55. The Labute approximate surface area is 81.9 Å². The molecule has 0 bridgehead atoms. The molecule has 0 amide bonds. The summed E-state index contributed by atoms with van der Waals surface area (Å²) >= 11 is 0. The molecule has 0 aromatic heterocycles. The summed E-state index contributed by atoms with van der Waals surface area (Å²) in [7, 11) is 0. The van der Waals surface area contributed by atoms with Gasteiger partial charge in [-0.05, 0) is 46.6 Å². The molecule has 2 heteroatoms. The molecule has 1 heterocycles. The van der Waals surface area contributed by atoms with E-state index in [1.54, 1.807) is 0 Å². The number of likely N-dealkylation sites (tertiary alicyclic amines) is 1. The minimum atomic E-state index is 0.264. The molecule has 0 unspecified atom stereocenters. The van der Waals surface area contributed by atoms with Crippen LogP contribution in [-0.4, -0.2) is 34.7 Å². The SMILES string of the molecule is CC(C)(C)N1CCCC[C@@H]1CCO. The molecule has 1 fully saturated rings. The lowest BCUT2D eigenvalue weighted by Crippen LogP contribution is -2.50. The van der Waals surface area contributed by atoms with Crippen LogP contribution >= 0.6 is 0 Å². The Kier molecular flexibility index (Phi) is 3.74. The van der Waals surface area contributed by atoms with Gasteiger partial charge < -0.3 is 5.11 Å². The first-order chi connectivity index (χ1) is 6.05. The van der Waals surface area contributed by atoms with Crippen LogP contribution in [0.15, 0.2) is 0 Å². The van der Waals surface area contributed by atoms with Crippen LogP contribution in [-0.2, 0) is 0 Å². The lowest BCUT2D eigenvalue weighted by Gasteiger charge is -2.44. The molecule has 1 atom stereocenters. The second-order valence-corrected chi connectivity index (χ2v) is 5.03. The molecule has 78 valence electrons. The van der Waals surface area contributed by atoms with Crippen LogP contribution in [0.4, 0.5) is 0 Å². The Morgan fingerprint density at radius 3 is 2.54 bits per heavy atom. The van der Waals surface area contributed by atoms with Crippen molar-refractivity contribution < 1.29 is 5.11 Å². The van der Waals surface area contributed by atoms with E-state index in [9.17, 15) is 0 Å². The third kappa shape index (κ3) is 2.96. The van der Waals surface area contributed by atoms with Crippen molar-refractivity contribution in [1.29, 1.82) is 0 Å². The largest absolute Gasteiger partial charge is 0.396 e. The second-order valence-electron chi connectivity index (χ2n) is 5.03. The van der Waals surface area contributed by atoms with Crippen LogP contribution in [0.2, 0.25) is 0 Å². The Balaban J connectivity index is 2.56. The second kappa shape index (κ2) is 4.43. The molecular formula is C11H23NO. The average Bonchev–Trinajstić information content (AvgIpc) is 2.04. The van der Waals surface area contributed by atoms with Crippen molar-refractivity contribution in [1.82, 2.24) is 4.90 Å². The van der Waals surface area contributed by atoms with Crippen molar-refractivity contribution in [2.45, 2.75) is 58.0 Å². The van der Waals surface area contributed by atoms with E-state index in [0.29, 0.717) is 12.6 Å². The quantitative estimate of drug-likeness (QED) is 0.711. The minimum absolute atomic E-state index is 0.264. The van der Waals surface area contributed by atoms with Crippen molar-refractivity contribution in [3.8, 4) is 0 Å². The predicted octanol–water partition coefficient (Wildman–Crippen LogP) is 2.02. The van der Waals surface area contributed by atoms with E-state index in [1.807, 2.05) is 0 Å². The van der Waals surface area contributed by atoms with Crippen molar-refractivity contribution in [3.05, 3.63) is 0 Å². The van der Waals surface area contributed by atoms with Gasteiger partial charge >= 0.3 is 0 Å². The van der Waals surface area contributed by atoms with Crippen molar-refractivity contribution in [3.63, 3.8) is 0 Å². The van der Waals surface area contributed by atoms with Gasteiger partial charge in [0.2, 0.25) is 0 Å². The maximum Gasteiger partial charge on any atom is 0.0445 e. The molecule has 1 rings (SSSR count). The van der Waals surface area contributed by atoms with Crippen molar-refractivity contribution >= 4 is 0 Å². The zero-order chi connectivity index (χ0) is 9.90. The Morgan fingerprint density at radius 1 is 1.31 bits per heavy atom. The fourth-order valence-corrected chi connectivity index (χ4v) is 2.33. The van der Waals surface area contributed by atoms with Gasteiger partial charge in [-0.1, -0.05) is 6.42 Å². The number of nitrogens with zero attached hydrogens (tertiary/aromatic N) is 1. The average molecular weight is 185 g/mol. The lowest BCUT2D eigenvalue weighted by molar-refractivity contribution is 0.0383. The highest BCUT2D eigenvalue weighted by Gasteiger charge is 2.30. The van der Waals surface area contributed by atoms with Crippen LogP contribution in [0.5, 0.6) is 0 Å². The molecule has 2 nitrogen and oxygen atoms in total. The fourth-order valence-electron chi connectivity index (χ4n) is 2.33. The zero-order valence-corrected chi connectivity index (χ0v) is 9.21. The van der Waals surface area contributed by atoms with Crippen LogP contribution < -0.4 is 0 Å². The van der Waals surface area contributed by atoms with E-state index >= 15 is 0 Å². The number of piperidine rings is 1. The van der Waals surface area contributed by atoms with E-state index in [1.165, 1.54) is 25.8 Å². The van der Waals surface area contributed by atoms with Gasteiger partial charge in [-0.25, -0.2) is 0 Å². The molecule has 0 aromatic rings. The molecular weight excluding hydrogens is 162 g/mol. The third-order valence-corrected chi connectivity index (χ3v) is 2.95. The summed E-state index contributed by atoms with van der Waals surface area (Å²) in [5.41, 5.74) is 0.264. The number of hydrogen-bond acceptors (Lipinski definition) is 2. The number of aliphatic hydroxyl groups is 1. The number of rotatable bonds is 2. The monoisotopic (exact) mass is 185 g/mol. The predicted molar refractivity (Wildman–Crippen MR) is 55.8 cm³/mol. The van der Waals surface area contributed by atoms with Gasteiger partial charge in [0.25, 0.3) is 0 Å². The first kappa shape index (κ1) is 11.0. The molecule has 0 saturated carbocycles. The standard InChI is InChI=1S/C11H23NO/c1-11(2,3)12-8-5-4-6-10(12)7-9-13/h10,13H,4-9H2,1-3H3/t10-/m1/s1. The van der Waals surface area contributed by atoms with E-state index in [4.69, 9.17) is 5.11 Å². The Bertz CT molecular complexity index is 149. The van der Waals surface area contributed by atoms with Gasteiger partial charge in [0.05, 0.1) is 0 Å². The first-order valence-corrected chi connectivity index (χ1v) is 5.43. The third-order valence-electron chi connectivity index (χ3n) is 2.95. The van der Waals surface area contributed by atoms with Crippen LogP contribution in [0.3, 0.4) is 0 Å². The highest BCUT2D eigenvalue weighted by Crippen LogP contribution is 2.26. The summed E-state index contributed by atoms with van der Waals surface area (Å²) < 4.78 is 0. The van der Waals surface area contributed by atoms with Crippen LogP contribution in [0.25, 0.3) is 0 Å². The Morgan fingerprint density at radius 2 is 2.00 bits per heavy atom. The fraction of sp³-hybridized carbons (Fsp3) is 1.00. The van der Waals surface area contributed by atoms with E-state index < -0.39 is 0 Å². The summed E-state index contributed by atoms with van der Waals surface area (Å²) in [6.07, 6.45) is 4.85. The zero-order valence-electron chi connectivity index (χ0n) is 9.21. The summed E-state index contributed by atoms with van der Waals surface area (Å²) in [6, 6.07) is 0.610. The molecule has 13 heavy (non-hydrogen) atoms. The molecule has 0 aromatic carbocycles. The number of aliphatic hydroxyl groups excluding tert-OH is 1. The van der Waals surface area contributed by atoms with Crippen LogP contribution in [0, 0.1) is 0 Å². The summed E-state index contributed by atoms with van der Waals surface area (Å²) in [6.45, 7) is 8.33. The number of hydrogen-bond donors (Lipinski definition) is 1. The molecule has 0 radical (unpaired) electrons.